The maximum absolute atomic E-state index is 12.9. The molecular weight excluding hydrogens is 283 g/mol. The van der Waals surface area contributed by atoms with Gasteiger partial charge in [0.25, 0.3) is 0 Å². The van der Waals surface area contributed by atoms with Crippen LogP contribution in [0.1, 0.15) is 32.1 Å². The number of rotatable bonds is 7. The first-order valence-corrected chi connectivity index (χ1v) is 9.15. The zero-order valence-corrected chi connectivity index (χ0v) is 13.4. The Hall–Kier alpha value is -0.580. The molecule has 1 atom stereocenters. The van der Waals surface area contributed by atoms with Crippen molar-refractivity contribution in [1.82, 2.24) is 10.2 Å². The Morgan fingerprint density at radius 2 is 1.95 bits per heavy atom. The molecule has 1 aliphatic heterocycles. The van der Waals surface area contributed by atoms with Crippen LogP contribution in [0.5, 0.6) is 0 Å². The summed E-state index contributed by atoms with van der Waals surface area (Å²) in [6.07, 6.45) is 6.77. The molecule has 2 nitrogen and oxygen atoms in total. The van der Waals surface area contributed by atoms with Gasteiger partial charge in [-0.15, -0.1) is 11.8 Å². The Labute approximate surface area is 131 Å². The van der Waals surface area contributed by atoms with Crippen molar-refractivity contribution in [2.45, 2.75) is 49.1 Å². The molecule has 2 aliphatic rings. The molecule has 4 heteroatoms. The van der Waals surface area contributed by atoms with Gasteiger partial charge in [0.1, 0.15) is 5.82 Å². The number of thioether (sulfide) groups is 1. The molecule has 1 heterocycles. The molecular formula is C17H25FN2S. The molecule has 21 heavy (non-hydrogen) atoms. The lowest BCUT2D eigenvalue weighted by Gasteiger charge is -2.30. The van der Waals surface area contributed by atoms with E-state index in [2.05, 4.69) is 10.2 Å². The van der Waals surface area contributed by atoms with E-state index >= 15 is 0 Å². The molecule has 2 fully saturated rings. The summed E-state index contributed by atoms with van der Waals surface area (Å²) >= 11 is 1.84. The largest absolute Gasteiger partial charge is 0.313 e. The van der Waals surface area contributed by atoms with Gasteiger partial charge in [-0.25, -0.2) is 4.39 Å². The summed E-state index contributed by atoms with van der Waals surface area (Å²) in [5.41, 5.74) is 0. The molecule has 1 aromatic carbocycles. The Morgan fingerprint density at radius 1 is 1.14 bits per heavy atom. The molecule has 1 aliphatic carbocycles. The second kappa shape index (κ2) is 7.61. The van der Waals surface area contributed by atoms with E-state index in [0.717, 1.165) is 18.3 Å². The third kappa shape index (κ3) is 4.97. The van der Waals surface area contributed by atoms with Crippen molar-refractivity contribution in [3.63, 3.8) is 0 Å². The number of benzene rings is 1. The topological polar surface area (TPSA) is 15.3 Å². The van der Waals surface area contributed by atoms with Crippen LogP contribution in [0.15, 0.2) is 29.2 Å². The SMILES string of the molecule is Fc1ccc(SCCN(CC2CCCCN2)C2CC2)cc1. The van der Waals surface area contributed by atoms with Gasteiger partial charge >= 0.3 is 0 Å². The summed E-state index contributed by atoms with van der Waals surface area (Å²) in [6.45, 7) is 3.53. The normalized spacial score (nSPS) is 22.7. The predicted octanol–water partition coefficient (Wildman–Crippen LogP) is 3.52. The molecule has 0 radical (unpaired) electrons. The smallest absolute Gasteiger partial charge is 0.123 e. The molecule has 0 aromatic heterocycles. The van der Waals surface area contributed by atoms with Crippen LogP contribution in [-0.2, 0) is 0 Å². The molecule has 0 bridgehead atoms. The van der Waals surface area contributed by atoms with E-state index in [9.17, 15) is 4.39 Å². The Morgan fingerprint density at radius 3 is 2.62 bits per heavy atom. The lowest BCUT2D eigenvalue weighted by molar-refractivity contribution is 0.227. The number of nitrogens with zero attached hydrogens (tertiary/aromatic N) is 1. The van der Waals surface area contributed by atoms with E-state index in [1.807, 2.05) is 23.9 Å². The molecule has 3 rings (SSSR count). The van der Waals surface area contributed by atoms with Crippen LogP contribution in [0.4, 0.5) is 4.39 Å². The number of piperidine rings is 1. The third-order valence-electron chi connectivity index (χ3n) is 4.39. The van der Waals surface area contributed by atoms with Gasteiger partial charge in [0.05, 0.1) is 0 Å². The highest BCUT2D eigenvalue weighted by Gasteiger charge is 2.30. The Bertz CT molecular complexity index is 427. The van der Waals surface area contributed by atoms with E-state index in [1.165, 1.54) is 50.1 Å². The van der Waals surface area contributed by atoms with Crippen LogP contribution in [0.2, 0.25) is 0 Å². The van der Waals surface area contributed by atoms with Gasteiger partial charge < -0.3 is 5.32 Å². The maximum Gasteiger partial charge on any atom is 0.123 e. The van der Waals surface area contributed by atoms with Crippen molar-refractivity contribution in [1.29, 1.82) is 0 Å². The van der Waals surface area contributed by atoms with Crippen LogP contribution >= 0.6 is 11.8 Å². The fourth-order valence-electron chi connectivity index (χ4n) is 3.04. The summed E-state index contributed by atoms with van der Waals surface area (Å²) in [4.78, 5) is 3.84. The van der Waals surface area contributed by atoms with E-state index < -0.39 is 0 Å². The molecule has 116 valence electrons. The molecule has 1 unspecified atom stereocenters. The zero-order chi connectivity index (χ0) is 14.5. The van der Waals surface area contributed by atoms with Crippen LogP contribution < -0.4 is 5.32 Å². The van der Waals surface area contributed by atoms with E-state index in [4.69, 9.17) is 0 Å². The average Bonchev–Trinajstić information content (AvgIpc) is 3.34. The van der Waals surface area contributed by atoms with Crippen LogP contribution in [-0.4, -0.2) is 42.4 Å². The van der Waals surface area contributed by atoms with Crippen molar-refractivity contribution in [3.05, 3.63) is 30.1 Å². The van der Waals surface area contributed by atoms with Crippen LogP contribution in [0.25, 0.3) is 0 Å². The van der Waals surface area contributed by atoms with Gasteiger partial charge in [-0.3, -0.25) is 4.90 Å². The predicted molar refractivity (Wildman–Crippen MR) is 87.4 cm³/mol. The monoisotopic (exact) mass is 308 g/mol. The van der Waals surface area contributed by atoms with Crippen molar-refractivity contribution in [3.8, 4) is 0 Å². The van der Waals surface area contributed by atoms with E-state index in [-0.39, 0.29) is 5.82 Å². The molecule has 0 spiro atoms. The minimum absolute atomic E-state index is 0.151. The van der Waals surface area contributed by atoms with Crippen molar-refractivity contribution >= 4 is 11.8 Å². The van der Waals surface area contributed by atoms with Crippen LogP contribution in [0, 0.1) is 5.82 Å². The molecule has 1 saturated heterocycles. The third-order valence-corrected chi connectivity index (χ3v) is 5.38. The van der Waals surface area contributed by atoms with E-state index in [1.54, 1.807) is 12.1 Å². The average molecular weight is 308 g/mol. The minimum atomic E-state index is -0.151. The van der Waals surface area contributed by atoms with Crippen molar-refractivity contribution < 1.29 is 4.39 Å². The number of halogens is 1. The van der Waals surface area contributed by atoms with Crippen molar-refractivity contribution in [2.24, 2.45) is 0 Å². The van der Waals surface area contributed by atoms with Gasteiger partial charge in [-0.2, -0.15) is 0 Å². The summed E-state index contributed by atoms with van der Waals surface area (Å²) in [5, 5.41) is 3.66. The Balaban J connectivity index is 1.43. The summed E-state index contributed by atoms with van der Waals surface area (Å²) in [6, 6.07) is 8.37. The zero-order valence-electron chi connectivity index (χ0n) is 12.6. The highest BCUT2D eigenvalue weighted by Crippen LogP contribution is 2.28. The van der Waals surface area contributed by atoms with Crippen molar-refractivity contribution in [2.75, 3.05) is 25.4 Å². The Kier molecular flexibility index (Phi) is 5.55. The number of nitrogens with one attached hydrogen (secondary N) is 1. The number of hydrogen-bond acceptors (Lipinski definition) is 3. The highest BCUT2D eigenvalue weighted by atomic mass is 32.2. The highest BCUT2D eigenvalue weighted by molar-refractivity contribution is 7.99. The molecule has 1 N–H and O–H groups in total. The lowest BCUT2D eigenvalue weighted by Crippen LogP contribution is -2.45. The standard InChI is InChI=1S/C17H25FN2S/c18-14-4-8-17(9-5-14)21-12-11-20(16-6-7-16)13-15-3-1-2-10-19-15/h4-5,8-9,15-16,19H,1-3,6-7,10-13H2. The van der Waals surface area contributed by atoms with Gasteiger partial charge in [0.2, 0.25) is 0 Å². The summed E-state index contributed by atoms with van der Waals surface area (Å²) < 4.78 is 12.9. The fourth-order valence-corrected chi connectivity index (χ4v) is 3.93. The first-order valence-electron chi connectivity index (χ1n) is 8.17. The number of hydrogen-bond donors (Lipinski definition) is 1. The van der Waals surface area contributed by atoms with Gasteiger partial charge in [-0.1, -0.05) is 6.42 Å². The first-order chi connectivity index (χ1) is 10.3. The molecule has 0 amide bonds. The second-order valence-electron chi connectivity index (χ2n) is 6.18. The van der Waals surface area contributed by atoms with E-state index in [0.29, 0.717) is 6.04 Å². The molecule has 1 aromatic rings. The van der Waals surface area contributed by atoms with Gasteiger partial charge in [0, 0.05) is 35.8 Å². The fraction of sp³-hybridized carbons (Fsp3) is 0.647. The quantitative estimate of drug-likeness (QED) is 0.776. The van der Waals surface area contributed by atoms with Crippen LogP contribution in [0.3, 0.4) is 0 Å². The molecule has 1 saturated carbocycles. The summed E-state index contributed by atoms with van der Waals surface area (Å²) in [7, 11) is 0. The second-order valence-corrected chi connectivity index (χ2v) is 7.34. The first kappa shape index (κ1) is 15.3. The maximum atomic E-state index is 12.9. The van der Waals surface area contributed by atoms with Gasteiger partial charge in [-0.05, 0) is 56.5 Å². The van der Waals surface area contributed by atoms with Gasteiger partial charge in [0.15, 0.2) is 0 Å². The minimum Gasteiger partial charge on any atom is -0.313 e. The lowest BCUT2D eigenvalue weighted by atomic mass is 10.0. The summed E-state index contributed by atoms with van der Waals surface area (Å²) in [5.74, 6) is 0.941.